The number of allylic oxidation sites excluding steroid dienone is 4. The number of hydrogen-bond donors (Lipinski definition) is 3. The van der Waals surface area contributed by atoms with Gasteiger partial charge in [-0.2, -0.15) is 0 Å². The van der Waals surface area contributed by atoms with Crippen LogP contribution in [0.3, 0.4) is 0 Å². The minimum Gasteiger partial charge on any atom is -0.466 e. The van der Waals surface area contributed by atoms with Crippen LogP contribution in [0.4, 0.5) is 0 Å². The lowest BCUT2D eigenvalue weighted by molar-refractivity contribution is -0.143. The quantitative estimate of drug-likeness (QED) is 0.0320. The summed E-state index contributed by atoms with van der Waals surface area (Å²) >= 11 is 0. The third-order valence-corrected chi connectivity index (χ3v) is 15.3. The average molecular weight is 1010 g/mol. The van der Waals surface area contributed by atoms with Gasteiger partial charge in [-0.1, -0.05) is 314 Å². The fourth-order valence-electron chi connectivity index (χ4n) is 10.3. The number of rotatable bonds is 61. The number of ether oxygens (including phenoxy) is 1. The first kappa shape index (κ1) is 70.3. The van der Waals surface area contributed by atoms with E-state index < -0.39 is 12.1 Å². The molecule has 6 heteroatoms. The molecule has 3 N–H and O–H groups in total. The molecular weight excluding hydrogens is 887 g/mol. The van der Waals surface area contributed by atoms with Crippen LogP contribution in [0.2, 0.25) is 0 Å². The molecule has 0 aromatic rings. The number of esters is 1. The van der Waals surface area contributed by atoms with Gasteiger partial charge in [0.25, 0.3) is 0 Å². The zero-order valence-electron chi connectivity index (χ0n) is 48.7. The van der Waals surface area contributed by atoms with E-state index in [-0.39, 0.29) is 18.5 Å². The first-order chi connectivity index (χ1) is 35.5. The summed E-state index contributed by atoms with van der Waals surface area (Å²) in [4.78, 5) is 24.5. The van der Waals surface area contributed by atoms with E-state index in [1.54, 1.807) is 0 Å². The first-order valence-electron chi connectivity index (χ1n) is 32.6. The monoisotopic (exact) mass is 1010 g/mol. The molecule has 0 rings (SSSR count). The molecule has 0 saturated carbocycles. The van der Waals surface area contributed by atoms with Crippen molar-refractivity contribution >= 4 is 11.9 Å². The summed E-state index contributed by atoms with van der Waals surface area (Å²) in [5.74, 6) is -0.0212. The van der Waals surface area contributed by atoms with Crippen molar-refractivity contribution in [2.45, 2.75) is 373 Å². The molecule has 0 heterocycles. The molecule has 2 atom stereocenters. The van der Waals surface area contributed by atoms with Crippen molar-refractivity contribution in [2.75, 3.05) is 13.2 Å². The van der Waals surface area contributed by atoms with Crippen LogP contribution in [0.15, 0.2) is 24.3 Å². The Bertz CT molecular complexity index is 1120. The fraction of sp³-hybridized carbons (Fsp3) is 0.909. The standard InChI is InChI=1S/C66H127NO5/c1-3-5-7-9-11-13-15-16-17-29-33-36-40-44-48-52-56-60-66(71)72-61-57-53-49-45-41-37-34-31-28-26-24-22-20-18-19-21-23-25-27-30-32-35-39-43-47-51-55-59-65(70)67-63(62-68)64(69)58-54-50-46-42-38-14-12-10-8-6-4-2/h11,13,16-17,63-64,68-69H,3-10,12,14-15,18-62H2,1-2H3,(H,67,70)/b13-11-,17-16-. The predicted molar refractivity (Wildman–Crippen MR) is 315 cm³/mol. The highest BCUT2D eigenvalue weighted by Crippen LogP contribution is 2.18. The zero-order valence-corrected chi connectivity index (χ0v) is 48.7. The van der Waals surface area contributed by atoms with Crippen molar-refractivity contribution in [3.8, 4) is 0 Å². The smallest absolute Gasteiger partial charge is 0.305 e. The molecule has 72 heavy (non-hydrogen) atoms. The largest absolute Gasteiger partial charge is 0.466 e. The number of unbranched alkanes of at least 4 members (excludes halogenated alkanes) is 46. The normalized spacial score (nSPS) is 12.7. The Balaban J connectivity index is 3.32. The molecule has 0 aromatic carbocycles. The Morgan fingerprint density at radius 1 is 0.389 bits per heavy atom. The van der Waals surface area contributed by atoms with Crippen LogP contribution in [-0.2, 0) is 14.3 Å². The zero-order chi connectivity index (χ0) is 52.2. The van der Waals surface area contributed by atoms with E-state index in [4.69, 9.17) is 4.74 Å². The highest BCUT2D eigenvalue weighted by Gasteiger charge is 2.20. The van der Waals surface area contributed by atoms with Gasteiger partial charge in [-0.15, -0.1) is 0 Å². The number of carbonyl (C=O) groups is 2. The number of nitrogens with one attached hydrogen (secondary N) is 1. The molecule has 0 bridgehead atoms. The lowest BCUT2D eigenvalue weighted by atomic mass is 10.0. The van der Waals surface area contributed by atoms with Gasteiger partial charge in [0, 0.05) is 12.8 Å². The first-order valence-corrected chi connectivity index (χ1v) is 32.6. The minimum absolute atomic E-state index is 0.0107. The van der Waals surface area contributed by atoms with E-state index in [0.717, 1.165) is 51.4 Å². The second-order valence-corrected chi connectivity index (χ2v) is 22.5. The van der Waals surface area contributed by atoms with E-state index in [1.807, 2.05) is 0 Å². The van der Waals surface area contributed by atoms with Crippen molar-refractivity contribution in [3.05, 3.63) is 24.3 Å². The van der Waals surface area contributed by atoms with Gasteiger partial charge < -0.3 is 20.3 Å². The van der Waals surface area contributed by atoms with Gasteiger partial charge in [0.05, 0.1) is 25.4 Å². The summed E-state index contributed by atoms with van der Waals surface area (Å²) in [5.41, 5.74) is 0. The van der Waals surface area contributed by atoms with Crippen LogP contribution in [0.25, 0.3) is 0 Å². The van der Waals surface area contributed by atoms with Gasteiger partial charge in [-0.05, 0) is 57.8 Å². The minimum atomic E-state index is -0.660. The second kappa shape index (κ2) is 61.9. The Hall–Kier alpha value is -1.66. The van der Waals surface area contributed by atoms with E-state index in [2.05, 4.69) is 43.5 Å². The van der Waals surface area contributed by atoms with Crippen LogP contribution < -0.4 is 5.32 Å². The molecule has 1 amide bonds. The van der Waals surface area contributed by atoms with Crippen LogP contribution in [0.5, 0.6) is 0 Å². The number of aliphatic hydroxyl groups excluding tert-OH is 2. The van der Waals surface area contributed by atoms with Crippen molar-refractivity contribution in [1.29, 1.82) is 0 Å². The number of amides is 1. The highest BCUT2D eigenvalue weighted by molar-refractivity contribution is 5.76. The van der Waals surface area contributed by atoms with E-state index >= 15 is 0 Å². The lowest BCUT2D eigenvalue weighted by Gasteiger charge is -2.22. The number of hydrogen-bond acceptors (Lipinski definition) is 5. The predicted octanol–water partition coefficient (Wildman–Crippen LogP) is 20.6. The van der Waals surface area contributed by atoms with Crippen molar-refractivity contribution in [3.63, 3.8) is 0 Å². The average Bonchev–Trinajstić information content (AvgIpc) is 3.38. The van der Waals surface area contributed by atoms with Gasteiger partial charge in [0.1, 0.15) is 0 Å². The van der Waals surface area contributed by atoms with Crippen LogP contribution >= 0.6 is 0 Å². The van der Waals surface area contributed by atoms with Gasteiger partial charge in [0.2, 0.25) is 5.91 Å². The van der Waals surface area contributed by atoms with Crippen LogP contribution in [-0.4, -0.2) is 47.4 Å². The molecule has 426 valence electrons. The topological polar surface area (TPSA) is 95.9 Å². The van der Waals surface area contributed by atoms with Gasteiger partial charge in [-0.3, -0.25) is 9.59 Å². The molecule has 0 spiro atoms. The maximum absolute atomic E-state index is 12.5. The molecule has 0 aliphatic carbocycles. The van der Waals surface area contributed by atoms with E-state index in [1.165, 1.54) is 276 Å². The summed E-state index contributed by atoms with van der Waals surface area (Å²) < 4.78 is 5.50. The van der Waals surface area contributed by atoms with Crippen molar-refractivity contribution in [1.82, 2.24) is 5.32 Å². The lowest BCUT2D eigenvalue weighted by Crippen LogP contribution is -2.45. The van der Waals surface area contributed by atoms with Crippen LogP contribution in [0.1, 0.15) is 361 Å². The molecule has 0 aliphatic heterocycles. The third kappa shape index (κ3) is 57.6. The number of aliphatic hydroxyl groups is 2. The molecule has 0 radical (unpaired) electrons. The summed E-state index contributed by atoms with van der Waals surface area (Å²) in [6.45, 7) is 4.94. The molecule has 6 nitrogen and oxygen atoms in total. The maximum Gasteiger partial charge on any atom is 0.305 e. The van der Waals surface area contributed by atoms with E-state index in [0.29, 0.717) is 25.9 Å². The SMILES string of the molecule is CCCCC/C=C\C/C=C\CCCCCCCCCC(=O)OCCCCCCCCCCCCCCCCCCCCCCCCCCCCCC(=O)NC(CO)C(O)CCCCCCCCCCCCC. The molecule has 0 aromatic heterocycles. The highest BCUT2D eigenvalue weighted by atomic mass is 16.5. The molecule has 0 saturated heterocycles. The Kier molecular flexibility index (Phi) is 60.5. The third-order valence-electron chi connectivity index (χ3n) is 15.3. The fourth-order valence-corrected chi connectivity index (χ4v) is 10.3. The summed E-state index contributed by atoms with van der Waals surface area (Å²) in [6, 6.07) is -0.537. The Labute approximate surface area is 450 Å². The number of carbonyl (C=O) groups excluding carboxylic acids is 2. The van der Waals surface area contributed by atoms with Crippen LogP contribution in [0, 0.1) is 0 Å². The second-order valence-electron chi connectivity index (χ2n) is 22.5. The van der Waals surface area contributed by atoms with Gasteiger partial charge in [0.15, 0.2) is 0 Å². The Morgan fingerprint density at radius 2 is 0.694 bits per heavy atom. The Morgan fingerprint density at radius 3 is 1.08 bits per heavy atom. The summed E-state index contributed by atoms with van der Waals surface area (Å²) in [6.07, 6.45) is 76.4. The van der Waals surface area contributed by atoms with Crippen molar-refractivity contribution < 1.29 is 24.5 Å². The molecular formula is C66H127NO5. The summed E-state index contributed by atoms with van der Waals surface area (Å²) in [5, 5.41) is 23.2. The maximum atomic E-state index is 12.5. The van der Waals surface area contributed by atoms with Crippen molar-refractivity contribution in [2.24, 2.45) is 0 Å². The molecule has 0 fully saturated rings. The van der Waals surface area contributed by atoms with E-state index in [9.17, 15) is 19.8 Å². The van der Waals surface area contributed by atoms with Gasteiger partial charge in [-0.25, -0.2) is 0 Å². The van der Waals surface area contributed by atoms with Gasteiger partial charge >= 0.3 is 5.97 Å². The molecule has 0 aliphatic rings. The molecule has 2 unspecified atom stereocenters. The summed E-state index contributed by atoms with van der Waals surface area (Å²) in [7, 11) is 0.